The highest BCUT2D eigenvalue weighted by Crippen LogP contribution is 2.39. The predicted molar refractivity (Wildman–Crippen MR) is 108 cm³/mol. The van der Waals surface area contributed by atoms with E-state index in [0.717, 1.165) is 41.7 Å². The van der Waals surface area contributed by atoms with E-state index < -0.39 is 0 Å². The molecule has 1 aromatic heterocycles. The Bertz CT molecular complexity index is 925. The van der Waals surface area contributed by atoms with Gasteiger partial charge < -0.3 is 15.5 Å². The molecule has 5 heteroatoms. The number of halogens is 1. The molecule has 0 unspecified atom stereocenters. The predicted octanol–water partition coefficient (Wildman–Crippen LogP) is 4.66. The molecule has 1 heterocycles. The average Bonchev–Trinajstić information content (AvgIpc) is 3.13. The van der Waals surface area contributed by atoms with Gasteiger partial charge in [-0.3, -0.25) is 4.79 Å². The summed E-state index contributed by atoms with van der Waals surface area (Å²) in [4.78, 5) is 12.6. The van der Waals surface area contributed by atoms with Gasteiger partial charge in [0.2, 0.25) is 0 Å². The van der Waals surface area contributed by atoms with Crippen LogP contribution in [0.1, 0.15) is 41.8 Å². The third-order valence-corrected chi connectivity index (χ3v) is 5.99. The minimum absolute atomic E-state index is 0.0640. The van der Waals surface area contributed by atoms with Crippen molar-refractivity contribution in [2.45, 2.75) is 37.1 Å². The Labute approximate surface area is 163 Å². The first kappa shape index (κ1) is 18.1. The number of para-hydroxylation sites is 1. The molecule has 0 atom stereocenters. The molecule has 0 saturated heterocycles. The molecule has 27 heavy (non-hydrogen) atoms. The molecule has 4 nitrogen and oxygen atoms in total. The number of nitrogens with one attached hydrogen (secondary N) is 1. The number of benzene rings is 2. The van der Waals surface area contributed by atoms with Crippen molar-refractivity contribution in [2.75, 3.05) is 6.54 Å². The van der Waals surface area contributed by atoms with Gasteiger partial charge in [-0.15, -0.1) is 0 Å². The summed E-state index contributed by atoms with van der Waals surface area (Å²) in [5.74, 6) is 0.209. The molecule has 0 aliphatic heterocycles. The Balaban J connectivity index is 1.43. The topological polar surface area (TPSA) is 68.3 Å². The lowest BCUT2D eigenvalue weighted by Gasteiger charge is -2.40. The molecule has 3 N–H and O–H groups in total. The van der Waals surface area contributed by atoms with Crippen LogP contribution in [0.2, 0.25) is 5.02 Å². The number of furan rings is 1. The molecule has 0 radical (unpaired) electrons. The molecule has 0 bridgehead atoms. The minimum atomic E-state index is -0.154. The van der Waals surface area contributed by atoms with Crippen molar-refractivity contribution in [3.63, 3.8) is 0 Å². The number of amides is 1. The molecule has 1 aliphatic rings. The molecule has 1 amide bonds. The monoisotopic (exact) mass is 382 g/mol. The summed E-state index contributed by atoms with van der Waals surface area (Å²) in [6, 6.07) is 17.5. The van der Waals surface area contributed by atoms with Crippen molar-refractivity contribution >= 4 is 28.5 Å². The van der Waals surface area contributed by atoms with Crippen molar-refractivity contribution in [3.8, 4) is 0 Å². The van der Waals surface area contributed by atoms with E-state index >= 15 is 0 Å². The van der Waals surface area contributed by atoms with E-state index in [9.17, 15) is 4.79 Å². The second-order valence-corrected chi connectivity index (χ2v) is 7.83. The summed E-state index contributed by atoms with van der Waals surface area (Å²) in [5.41, 5.74) is 8.02. The summed E-state index contributed by atoms with van der Waals surface area (Å²) >= 11 is 6.17. The van der Waals surface area contributed by atoms with Crippen LogP contribution >= 0.6 is 11.6 Å². The van der Waals surface area contributed by atoms with Gasteiger partial charge in [-0.05, 0) is 55.5 Å². The van der Waals surface area contributed by atoms with Crippen LogP contribution in [-0.4, -0.2) is 18.5 Å². The molecule has 4 rings (SSSR count). The SMILES string of the molecule is NC[C@]1(c2cccc(Cl)c2)CC[C@H](NC(=O)c2cc3ccccc3o2)CC1. The summed E-state index contributed by atoms with van der Waals surface area (Å²) in [7, 11) is 0. The van der Waals surface area contributed by atoms with Crippen molar-refractivity contribution in [1.29, 1.82) is 0 Å². The second kappa shape index (κ2) is 7.37. The summed E-state index contributed by atoms with van der Waals surface area (Å²) in [6.45, 7) is 0.581. The lowest BCUT2D eigenvalue weighted by Crippen LogP contribution is -2.45. The summed E-state index contributed by atoms with van der Waals surface area (Å²) in [5, 5.41) is 4.80. The standard InChI is InChI=1S/C22H23ClN2O2/c23-17-6-3-5-16(13-17)22(14-24)10-8-18(9-11-22)25-21(26)20-12-15-4-1-2-7-19(15)27-20/h1-7,12-13,18H,8-11,14,24H2,(H,25,26)/t18-,22-. The van der Waals surface area contributed by atoms with E-state index in [2.05, 4.69) is 11.4 Å². The van der Waals surface area contributed by atoms with Crippen molar-refractivity contribution < 1.29 is 9.21 Å². The van der Waals surface area contributed by atoms with Gasteiger partial charge in [-0.25, -0.2) is 0 Å². The largest absolute Gasteiger partial charge is 0.451 e. The molecule has 1 aliphatic carbocycles. The number of carbonyl (C=O) groups is 1. The Morgan fingerprint density at radius 2 is 1.93 bits per heavy atom. The first-order valence-corrected chi connectivity index (χ1v) is 9.73. The number of hydrogen-bond acceptors (Lipinski definition) is 3. The summed E-state index contributed by atoms with van der Waals surface area (Å²) in [6.07, 6.45) is 3.62. The molecule has 1 fully saturated rings. The van der Waals surface area contributed by atoms with Gasteiger partial charge in [0.1, 0.15) is 5.58 Å². The van der Waals surface area contributed by atoms with Crippen LogP contribution in [-0.2, 0) is 5.41 Å². The molecule has 3 aromatic rings. The fourth-order valence-corrected chi connectivity index (χ4v) is 4.28. The first-order chi connectivity index (χ1) is 13.1. The van der Waals surface area contributed by atoms with Gasteiger partial charge in [-0.2, -0.15) is 0 Å². The van der Waals surface area contributed by atoms with Crippen LogP contribution in [0.4, 0.5) is 0 Å². The smallest absolute Gasteiger partial charge is 0.287 e. The second-order valence-electron chi connectivity index (χ2n) is 7.39. The first-order valence-electron chi connectivity index (χ1n) is 9.35. The van der Waals surface area contributed by atoms with Crippen molar-refractivity contribution in [3.05, 3.63) is 70.9 Å². The number of carbonyl (C=O) groups excluding carboxylic acids is 1. The van der Waals surface area contributed by atoms with Crippen molar-refractivity contribution in [1.82, 2.24) is 5.32 Å². The number of fused-ring (bicyclic) bond motifs is 1. The number of nitrogens with two attached hydrogens (primary N) is 1. The van der Waals surface area contributed by atoms with Crippen LogP contribution in [0.5, 0.6) is 0 Å². The van der Waals surface area contributed by atoms with Crippen LogP contribution in [0, 0.1) is 0 Å². The maximum atomic E-state index is 12.6. The van der Waals surface area contributed by atoms with Crippen LogP contribution < -0.4 is 11.1 Å². The van der Waals surface area contributed by atoms with E-state index in [0.29, 0.717) is 12.3 Å². The quantitative estimate of drug-likeness (QED) is 0.689. The zero-order valence-electron chi connectivity index (χ0n) is 15.1. The summed E-state index contributed by atoms with van der Waals surface area (Å²) < 4.78 is 5.67. The van der Waals surface area contributed by atoms with E-state index in [-0.39, 0.29) is 17.4 Å². The Morgan fingerprint density at radius 1 is 1.15 bits per heavy atom. The Kier molecular flexibility index (Phi) is 4.94. The van der Waals surface area contributed by atoms with Gasteiger partial charge in [0.05, 0.1) is 0 Å². The molecular weight excluding hydrogens is 360 g/mol. The van der Waals surface area contributed by atoms with E-state index in [4.69, 9.17) is 21.8 Å². The van der Waals surface area contributed by atoms with Gasteiger partial charge in [0.15, 0.2) is 5.76 Å². The zero-order chi connectivity index (χ0) is 18.9. The number of rotatable bonds is 4. The number of hydrogen-bond donors (Lipinski definition) is 2. The third-order valence-electron chi connectivity index (χ3n) is 5.75. The molecule has 1 saturated carbocycles. The Morgan fingerprint density at radius 3 is 2.63 bits per heavy atom. The van der Waals surface area contributed by atoms with Gasteiger partial charge in [0, 0.05) is 28.4 Å². The van der Waals surface area contributed by atoms with Gasteiger partial charge in [-0.1, -0.05) is 41.9 Å². The fraction of sp³-hybridized carbons (Fsp3) is 0.318. The molecule has 0 spiro atoms. The average molecular weight is 383 g/mol. The molecular formula is C22H23ClN2O2. The zero-order valence-corrected chi connectivity index (χ0v) is 15.8. The van der Waals surface area contributed by atoms with Gasteiger partial charge >= 0.3 is 0 Å². The molecule has 2 aromatic carbocycles. The maximum Gasteiger partial charge on any atom is 0.287 e. The highest BCUT2D eigenvalue weighted by atomic mass is 35.5. The van der Waals surface area contributed by atoms with E-state index in [1.165, 1.54) is 5.56 Å². The highest BCUT2D eigenvalue weighted by Gasteiger charge is 2.36. The minimum Gasteiger partial charge on any atom is -0.451 e. The maximum absolute atomic E-state index is 12.6. The fourth-order valence-electron chi connectivity index (χ4n) is 4.09. The van der Waals surface area contributed by atoms with Crippen LogP contribution in [0.25, 0.3) is 11.0 Å². The van der Waals surface area contributed by atoms with Crippen LogP contribution in [0.3, 0.4) is 0 Å². The van der Waals surface area contributed by atoms with E-state index in [1.807, 2.05) is 42.5 Å². The van der Waals surface area contributed by atoms with Crippen LogP contribution in [0.15, 0.2) is 59.0 Å². The highest BCUT2D eigenvalue weighted by molar-refractivity contribution is 6.30. The Hall–Kier alpha value is -2.30. The lowest BCUT2D eigenvalue weighted by atomic mass is 9.68. The van der Waals surface area contributed by atoms with E-state index in [1.54, 1.807) is 6.07 Å². The van der Waals surface area contributed by atoms with Crippen molar-refractivity contribution in [2.24, 2.45) is 5.73 Å². The normalized spacial score (nSPS) is 22.7. The third kappa shape index (κ3) is 3.60. The van der Waals surface area contributed by atoms with Gasteiger partial charge in [0.25, 0.3) is 5.91 Å². The molecule has 140 valence electrons. The lowest BCUT2D eigenvalue weighted by molar-refractivity contribution is 0.0892.